The summed E-state index contributed by atoms with van der Waals surface area (Å²) < 4.78 is 13.4. The van der Waals surface area contributed by atoms with Crippen molar-refractivity contribution in [2.45, 2.75) is 50.4 Å². The topological polar surface area (TPSA) is 49.5 Å². The third kappa shape index (κ3) is 2.40. The van der Waals surface area contributed by atoms with E-state index in [0.29, 0.717) is 12.6 Å². The highest BCUT2D eigenvalue weighted by Crippen LogP contribution is 2.38. The Morgan fingerprint density at radius 2 is 2.00 bits per heavy atom. The van der Waals surface area contributed by atoms with Crippen molar-refractivity contribution in [3.63, 3.8) is 0 Å². The summed E-state index contributed by atoms with van der Waals surface area (Å²) in [5.74, 6) is -0.182. The first-order valence-corrected chi connectivity index (χ1v) is 7.11. The summed E-state index contributed by atoms with van der Waals surface area (Å²) in [6.07, 6.45) is 3.60. The lowest BCUT2D eigenvalue weighted by atomic mass is 9.91. The zero-order valence-corrected chi connectivity index (χ0v) is 11.1. The maximum atomic E-state index is 13.4. The molecule has 19 heavy (non-hydrogen) atoms. The van der Waals surface area contributed by atoms with Gasteiger partial charge in [-0.2, -0.15) is 0 Å². The van der Waals surface area contributed by atoms with Crippen LogP contribution in [0.4, 0.5) is 4.39 Å². The Kier molecular flexibility index (Phi) is 3.56. The third-order valence-corrected chi connectivity index (χ3v) is 4.58. The van der Waals surface area contributed by atoms with E-state index in [1.54, 1.807) is 6.07 Å². The van der Waals surface area contributed by atoms with Crippen LogP contribution in [-0.4, -0.2) is 28.7 Å². The number of aliphatic hydroxyl groups is 1. The van der Waals surface area contributed by atoms with Crippen molar-refractivity contribution in [1.29, 1.82) is 0 Å². The predicted octanol–water partition coefficient (Wildman–Crippen LogP) is 1.94. The Morgan fingerprint density at radius 1 is 1.26 bits per heavy atom. The number of fused-ring (bicyclic) bond motifs is 1. The van der Waals surface area contributed by atoms with Crippen LogP contribution in [0.15, 0.2) is 18.2 Å². The second-order valence-corrected chi connectivity index (χ2v) is 5.73. The molecule has 1 atom stereocenters. The molecular formula is C15H21FN2O. The molecule has 1 aromatic carbocycles. The maximum absolute atomic E-state index is 13.4. The van der Waals surface area contributed by atoms with Crippen molar-refractivity contribution in [1.82, 2.24) is 4.90 Å². The van der Waals surface area contributed by atoms with E-state index < -0.39 is 0 Å². The van der Waals surface area contributed by atoms with Gasteiger partial charge < -0.3 is 10.8 Å². The molecule has 1 aliphatic heterocycles. The summed E-state index contributed by atoms with van der Waals surface area (Å²) in [6, 6.07) is 5.63. The predicted molar refractivity (Wildman–Crippen MR) is 72.0 cm³/mol. The SMILES string of the molecule is NCC1c2cc(F)ccc2CN1C1CCC(O)CC1. The summed E-state index contributed by atoms with van der Waals surface area (Å²) in [5.41, 5.74) is 8.16. The monoisotopic (exact) mass is 264 g/mol. The molecule has 1 unspecified atom stereocenters. The minimum Gasteiger partial charge on any atom is -0.393 e. The van der Waals surface area contributed by atoms with Gasteiger partial charge in [-0.05, 0) is 48.9 Å². The third-order valence-electron chi connectivity index (χ3n) is 4.58. The van der Waals surface area contributed by atoms with Gasteiger partial charge in [0, 0.05) is 25.2 Å². The van der Waals surface area contributed by atoms with Gasteiger partial charge in [0.15, 0.2) is 0 Å². The number of rotatable bonds is 2. The molecule has 3 rings (SSSR count). The summed E-state index contributed by atoms with van der Waals surface area (Å²) in [6.45, 7) is 1.38. The Balaban J connectivity index is 1.81. The standard InChI is InChI=1S/C15H21FN2O/c16-11-2-1-10-9-18(15(8-17)14(10)7-11)12-3-5-13(19)6-4-12/h1-2,7,12-13,15,19H,3-6,8-9,17H2. The van der Waals surface area contributed by atoms with Crippen molar-refractivity contribution < 1.29 is 9.50 Å². The Bertz CT molecular complexity index is 457. The van der Waals surface area contributed by atoms with E-state index in [9.17, 15) is 9.50 Å². The van der Waals surface area contributed by atoms with Gasteiger partial charge in [-0.1, -0.05) is 6.07 Å². The van der Waals surface area contributed by atoms with Gasteiger partial charge in [-0.25, -0.2) is 4.39 Å². The van der Waals surface area contributed by atoms with E-state index in [0.717, 1.165) is 37.8 Å². The lowest BCUT2D eigenvalue weighted by molar-refractivity contribution is 0.0571. The highest BCUT2D eigenvalue weighted by Gasteiger charge is 2.35. The quantitative estimate of drug-likeness (QED) is 0.858. The smallest absolute Gasteiger partial charge is 0.123 e. The van der Waals surface area contributed by atoms with Crippen LogP contribution in [0, 0.1) is 5.82 Å². The summed E-state index contributed by atoms with van der Waals surface area (Å²) in [7, 11) is 0. The second kappa shape index (κ2) is 5.19. The van der Waals surface area contributed by atoms with E-state index in [4.69, 9.17) is 5.73 Å². The molecule has 0 amide bonds. The van der Waals surface area contributed by atoms with E-state index >= 15 is 0 Å². The first-order chi connectivity index (χ1) is 9.19. The molecule has 0 bridgehead atoms. The number of hydrogen-bond acceptors (Lipinski definition) is 3. The Hall–Kier alpha value is -0.970. The van der Waals surface area contributed by atoms with Crippen LogP contribution in [0.5, 0.6) is 0 Å². The molecule has 3 nitrogen and oxygen atoms in total. The zero-order chi connectivity index (χ0) is 13.4. The van der Waals surface area contributed by atoms with Crippen LogP contribution in [0.25, 0.3) is 0 Å². The molecule has 1 saturated carbocycles. The minimum atomic E-state index is -0.182. The van der Waals surface area contributed by atoms with Gasteiger partial charge in [0.1, 0.15) is 5.82 Å². The highest BCUT2D eigenvalue weighted by atomic mass is 19.1. The van der Waals surface area contributed by atoms with Crippen LogP contribution in [0.2, 0.25) is 0 Å². The number of benzene rings is 1. The lowest BCUT2D eigenvalue weighted by Gasteiger charge is -2.36. The number of hydrogen-bond donors (Lipinski definition) is 2. The average Bonchev–Trinajstić information content (AvgIpc) is 2.77. The molecule has 1 heterocycles. The summed E-state index contributed by atoms with van der Waals surface area (Å²) in [4.78, 5) is 2.40. The second-order valence-electron chi connectivity index (χ2n) is 5.73. The van der Waals surface area contributed by atoms with Crippen LogP contribution in [-0.2, 0) is 6.54 Å². The van der Waals surface area contributed by atoms with E-state index in [1.807, 2.05) is 6.07 Å². The molecular weight excluding hydrogens is 243 g/mol. The van der Waals surface area contributed by atoms with Crippen LogP contribution in [0.3, 0.4) is 0 Å². The molecule has 1 fully saturated rings. The van der Waals surface area contributed by atoms with Gasteiger partial charge in [0.2, 0.25) is 0 Å². The fourth-order valence-corrected chi connectivity index (χ4v) is 3.54. The van der Waals surface area contributed by atoms with Gasteiger partial charge in [-0.15, -0.1) is 0 Å². The largest absolute Gasteiger partial charge is 0.393 e. The Morgan fingerprint density at radius 3 is 2.68 bits per heavy atom. The van der Waals surface area contributed by atoms with Crippen LogP contribution in [0.1, 0.15) is 42.9 Å². The van der Waals surface area contributed by atoms with Crippen molar-refractivity contribution >= 4 is 0 Å². The van der Waals surface area contributed by atoms with Crippen LogP contribution < -0.4 is 5.73 Å². The van der Waals surface area contributed by atoms with Crippen LogP contribution >= 0.6 is 0 Å². The number of halogens is 1. The molecule has 104 valence electrons. The first kappa shape index (κ1) is 13.0. The molecule has 0 radical (unpaired) electrons. The highest BCUT2D eigenvalue weighted by molar-refractivity contribution is 5.35. The molecule has 0 spiro atoms. The molecule has 1 aliphatic carbocycles. The minimum absolute atomic E-state index is 0.131. The van der Waals surface area contributed by atoms with E-state index in [-0.39, 0.29) is 18.0 Å². The summed E-state index contributed by atoms with van der Waals surface area (Å²) in [5, 5.41) is 9.61. The molecule has 0 saturated heterocycles. The molecule has 3 N–H and O–H groups in total. The normalized spacial score (nSPS) is 31.4. The number of nitrogens with two attached hydrogens (primary N) is 1. The fourth-order valence-electron chi connectivity index (χ4n) is 3.54. The number of aliphatic hydroxyl groups excluding tert-OH is 1. The average molecular weight is 264 g/mol. The van der Waals surface area contributed by atoms with Crippen molar-refractivity contribution in [3.8, 4) is 0 Å². The summed E-state index contributed by atoms with van der Waals surface area (Å²) >= 11 is 0. The molecule has 0 aromatic heterocycles. The van der Waals surface area contributed by atoms with Gasteiger partial charge >= 0.3 is 0 Å². The van der Waals surface area contributed by atoms with Crippen molar-refractivity contribution in [2.24, 2.45) is 5.73 Å². The lowest BCUT2D eigenvalue weighted by Crippen LogP contribution is -2.40. The molecule has 4 heteroatoms. The number of nitrogens with zero attached hydrogens (tertiary/aromatic N) is 1. The van der Waals surface area contributed by atoms with Crippen molar-refractivity contribution in [2.75, 3.05) is 6.54 Å². The van der Waals surface area contributed by atoms with E-state index in [2.05, 4.69) is 4.90 Å². The van der Waals surface area contributed by atoms with E-state index in [1.165, 1.54) is 11.6 Å². The zero-order valence-electron chi connectivity index (χ0n) is 11.1. The van der Waals surface area contributed by atoms with Gasteiger partial charge in [0.05, 0.1) is 6.10 Å². The van der Waals surface area contributed by atoms with Gasteiger partial charge in [0.25, 0.3) is 0 Å². The van der Waals surface area contributed by atoms with Crippen molar-refractivity contribution in [3.05, 3.63) is 35.1 Å². The Labute approximate surface area is 113 Å². The molecule has 2 aliphatic rings. The van der Waals surface area contributed by atoms with Gasteiger partial charge in [-0.3, -0.25) is 4.90 Å². The molecule has 1 aromatic rings. The fraction of sp³-hybridized carbons (Fsp3) is 0.600. The first-order valence-electron chi connectivity index (χ1n) is 7.11. The maximum Gasteiger partial charge on any atom is 0.123 e.